The summed E-state index contributed by atoms with van der Waals surface area (Å²) >= 11 is 6.03. The van der Waals surface area contributed by atoms with Gasteiger partial charge in [-0.15, -0.1) is 0 Å². The normalized spacial score (nSPS) is 12.0. The minimum Gasteiger partial charge on any atom is -0.329 e. The van der Waals surface area contributed by atoms with E-state index in [0.29, 0.717) is 34.5 Å². The fraction of sp³-hybridized carbons (Fsp3) is 0.192. The van der Waals surface area contributed by atoms with Crippen LogP contribution in [0.4, 0.5) is 4.39 Å². The summed E-state index contributed by atoms with van der Waals surface area (Å²) in [6.07, 6.45) is 0. The lowest BCUT2D eigenvalue weighted by atomic mass is 10.1. The second-order valence-electron chi connectivity index (χ2n) is 7.81. The van der Waals surface area contributed by atoms with Crippen molar-refractivity contribution in [3.05, 3.63) is 105 Å². The van der Waals surface area contributed by atoms with E-state index >= 15 is 0 Å². The number of aromatic nitrogens is 2. The zero-order valence-corrected chi connectivity index (χ0v) is 19.3. The number of nitrogens with zero attached hydrogens (tertiary/aromatic N) is 3. The summed E-state index contributed by atoms with van der Waals surface area (Å²) < 4.78 is 15.3. The Labute approximate surface area is 196 Å². The average Bonchev–Trinajstić information content (AvgIpc) is 2.81. The maximum Gasteiger partial charge on any atom is 0.266 e. The Balaban J connectivity index is 1.93. The number of hydrogen-bond donors (Lipinski definition) is 0. The molecule has 0 aliphatic carbocycles. The van der Waals surface area contributed by atoms with Crippen LogP contribution in [0.1, 0.15) is 41.6 Å². The minimum absolute atomic E-state index is 0.102. The summed E-state index contributed by atoms with van der Waals surface area (Å²) in [5, 5.41) is 0.316. The summed E-state index contributed by atoms with van der Waals surface area (Å²) in [5.41, 5.74) is 2.04. The first-order valence-corrected chi connectivity index (χ1v) is 11.0. The third kappa shape index (κ3) is 4.14. The molecule has 7 heteroatoms. The number of aryl methyl sites for hydroxylation is 1. The Morgan fingerprint density at radius 3 is 2.52 bits per heavy atom. The van der Waals surface area contributed by atoms with E-state index in [1.54, 1.807) is 35.2 Å². The van der Waals surface area contributed by atoms with Crippen LogP contribution in [0.25, 0.3) is 16.6 Å². The molecule has 0 aliphatic rings. The van der Waals surface area contributed by atoms with E-state index in [1.807, 2.05) is 39.0 Å². The van der Waals surface area contributed by atoms with Gasteiger partial charge in [-0.1, -0.05) is 41.9 Å². The van der Waals surface area contributed by atoms with Gasteiger partial charge in [-0.05, 0) is 62.7 Å². The molecule has 5 nitrogen and oxygen atoms in total. The number of benzene rings is 3. The van der Waals surface area contributed by atoms with Crippen molar-refractivity contribution < 1.29 is 9.18 Å². The van der Waals surface area contributed by atoms with Gasteiger partial charge in [0.15, 0.2) is 0 Å². The number of para-hydroxylation sites is 1. The Hall–Kier alpha value is -3.51. The van der Waals surface area contributed by atoms with Gasteiger partial charge < -0.3 is 4.90 Å². The average molecular weight is 464 g/mol. The lowest BCUT2D eigenvalue weighted by Crippen LogP contribution is -2.37. The molecular weight excluding hydrogens is 441 g/mol. The third-order valence-electron chi connectivity index (χ3n) is 5.78. The second-order valence-corrected chi connectivity index (χ2v) is 8.22. The quantitative estimate of drug-likeness (QED) is 0.381. The van der Waals surface area contributed by atoms with E-state index in [-0.39, 0.29) is 16.5 Å². The molecular formula is C26H23ClFN3O2. The van der Waals surface area contributed by atoms with Crippen LogP contribution in [0.3, 0.4) is 0 Å². The highest BCUT2D eigenvalue weighted by Gasteiger charge is 2.27. The largest absolute Gasteiger partial charge is 0.329 e. The fourth-order valence-corrected chi connectivity index (χ4v) is 4.18. The van der Waals surface area contributed by atoms with Crippen molar-refractivity contribution in [2.45, 2.75) is 26.8 Å². The molecule has 3 aromatic carbocycles. The summed E-state index contributed by atoms with van der Waals surface area (Å²) in [6.45, 7) is 6.00. The molecule has 0 bridgehead atoms. The van der Waals surface area contributed by atoms with Gasteiger partial charge in [-0.25, -0.2) is 9.37 Å². The molecule has 1 aromatic heterocycles. The number of hydrogen-bond acceptors (Lipinski definition) is 3. The van der Waals surface area contributed by atoms with Gasteiger partial charge in [-0.2, -0.15) is 0 Å². The number of halogens is 2. The molecule has 1 heterocycles. The summed E-state index contributed by atoms with van der Waals surface area (Å²) in [5.74, 6) is -0.374. The first kappa shape index (κ1) is 22.7. The monoisotopic (exact) mass is 463 g/mol. The highest BCUT2D eigenvalue weighted by atomic mass is 35.5. The first-order valence-electron chi connectivity index (χ1n) is 10.7. The predicted octanol–water partition coefficient (Wildman–Crippen LogP) is 5.71. The lowest BCUT2D eigenvalue weighted by molar-refractivity contribution is 0.0692. The van der Waals surface area contributed by atoms with Crippen molar-refractivity contribution in [3.8, 4) is 5.69 Å². The zero-order chi connectivity index (χ0) is 23.7. The van der Waals surface area contributed by atoms with Crippen molar-refractivity contribution in [2.24, 2.45) is 0 Å². The van der Waals surface area contributed by atoms with Crippen LogP contribution < -0.4 is 5.56 Å². The van der Waals surface area contributed by atoms with Crippen molar-refractivity contribution >= 4 is 28.4 Å². The van der Waals surface area contributed by atoms with Crippen molar-refractivity contribution in [3.63, 3.8) is 0 Å². The predicted molar refractivity (Wildman–Crippen MR) is 129 cm³/mol. The van der Waals surface area contributed by atoms with E-state index in [4.69, 9.17) is 16.6 Å². The third-order valence-corrected chi connectivity index (χ3v) is 6.07. The number of amides is 1. The van der Waals surface area contributed by atoms with E-state index < -0.39 is 11.9 Å². The number of carbonyl (C=O) groups is 1. The molecule has 4 aromatic rings. The number of fused-ring (bicyclic) bond motifs is 1. The van der Waals surface area contributed by atoms with Crippen LogP contribution in [-0.4, -0.2) is 26.9 Å². The van der Waals surface area contributed by atoms with Crippen molar-refractivity contribution in [1.82, 2.24) is 14.5 Å². The highest BCUT2D eigenvalue weighted by molar-refractivity contribution is 6.30. The highest BCUT2D eigenvalue weighted by Crippen LogP contribution is 2.26. The Kier molecular flexibility index (Phi) is 6.29. The van der Waals surface area contributed by atoms with Gasteiger partial charge in [0, 0.05) is 12.1 Å². The van der Waals surface area contributed by atoms with Crippen LogP contribution in [0, 0.1) is 12.7 Å². The van der Waals surface area contributed by atoms with Gasteiger partial charge in [0.05, 0.1) is 27.7 Å². The molecule has 1 atom stereocenters. The van der Waals surface area contributed by atoms with Gasteiger partial charge in [0.1, 0.15) is 11.6 Å². The van der Waals surface area contributed by atoms with Crippen molar-refractivity contribution in [2.75, 3.05) is 6.54 Å². The summed E-state index contributed by atoms with van der Waals surface area (Å²) in [6, 6.07) is 17.9. The van der Waals surface area contributed by atoms with E-state index in [0.717, 1.165) is 5.56 Å². The molecule has 0 spiro atoms. The maximum absolute atomic E-state index is 13.9. The zero-order valence-electron chi connectivity index (χ0n) is 18.5. The van der Waals surface area contributed by atoms with Crippen LogP contribution >= 0.6 is 11.6 Å². The Morgan fingerprint density at radius 1 is 1.12 bits per heavy atom. The van der Waals surface area contributed by atoms with Crippen LogP contribution in [-0.2, 0) is 0 Å². The van der Waals surface area contributed by atoms with E-state index in [2.05, 4.69) is 0 Å². The first-order chi connectivity index (χ1) is 15.8. The standard InChI is InChI=1S/C26H23ClFN3O2/c1-4-30(25(32)19-10-6-5-9-16(19)2)17(3)24-29-23-12-8-7-11-20(23)26(33)31(24)18-13-14-22(28)21(27)15-18/h5-15,17H,4H2,1-3H3. The van der Waals surface area contributed by atoms with Crippen LogP contribution in [0.5, 0.6) is 0 Å². The van der Waals surface area contributed by atoms with E-state index in [1.165, 1.54) is 22.8 Å². The molecule has 0 aliphatic heterocycles. The number of carbonyl (C=O) groups excluding carboxylic acids is 1. The number of rotatable bonds is 5. The minimum atomic E-state index is -0.582. The molecule has 0 fully saturated rings. The van der Waals surface area contributed by atoms with Gasteiger partial charge in [0.2, 0.25) is 0 Å². The van der Waals surface area contributed by atoms with Crippen LogP contribution in [0.2, 0.25) is 5.02 Å². The van der Waals surface area contributed by atoms with Crippen molar-refractivity contribution in [1.29, 1.82) is 0 Å². The Bertz CT molecular complexity index is 1420. The molecule has 33 heavy (non-hydrogen) atoms. The maximum atomic E-state index is 13.9. The molecule has 0 saturated carbocycles. The molecule has 0 N–H and O–H groups in total. The molecule has 4 rings (SSSR count). The summed E-state index contributed by atoms with van der Waals surface area (Å²) in [4.78, 5) is 33.4. The smallest absolute Gasteiger partial charge is 0.266 e. The fourth-order valence-electron chi connectivity index (χ4n) is 4.00. The topological polar surface area (TPSA) is 55.2 Å². The molecule has 1 amide bonds. The lowest BCUT2D eigenvalue weighted by Gasteiger charge is -2.30. The SMILES string of the molecule is CCN(C(=O)c1ccccc1C)C(C)c1nc2ccccc2c(=O)n1-c1ccc(F)c(Cl)c1. The molecule has 168 valence electrons. The molecule has 0 saturated heterocycles. The van der Waals surface area contributed by atoms with Gasteiger partial charge >= 0.3 is 0 Å². The van der Waals surface area contributed by atoms with Gasteiger partial charge in [0.25, 0.3) is 11.5 Å². The second kappa shape index (κ2) is 9.16. The molecule has 1 unspecified atom stereocenters. The van der Waals surface area contributed by atoms with Gasteiger partial charge in [-0.3, -0.25) is 14.2 Å². The summed E-state index contributed by atoms with van der Waals surface area (Å²) in [7, 11) is 0. The van der Waals surface area contributed by atoms with E-state index in [9.17, 15) is 14.0 Å². The molecule has 0 radical (unpaired) electrons. The Morgan fingerprint density at radius 2 is 1.82 bits per heavy atom. The van der Waals surface area contributed by atoms with Crippen LogP contribution in [0.15, 0.2) is 71.5 Å².